The van der Waals surface area contributed by atoms with Crippen LogP contribution in [-0.2, 0) is 13.6 Å². The largest absolute Gasteiger partial charge is 0.345 e. The van der Waals surface area contributed by atoms with Crippen LogP contribution >= 0.6 is 0 Å². The van der Waals surface area contributed by atoms with Crippen molar-refractivity contribution in [2.75, 3.05) is 0 Å². The normalized spacial score (nSPS) is 10.5. The zero-order chi connectivity index (χ0) is 16.2. The fraction of sp³-hybridized carbons (Fsp3) is 0.111. The van der Waals surface area contributed by atoms with E-state index in [0.29, 0.717) is 23.2 Å². The van der Waals surface area contributed by atoms with Gasteiger partial charge in [0.15, 0.2) is 0 Å². The third-order valence-electron chi connectivity index (χ3n) is 3.64. The number of nitrogens with one attached hydrogen (secondary N) is 1. The molecule has 0 fully saturated rings. The second-order valence-corrected chi connectivity index (χ2v) is 5.20. The first-order chi connectivity index (χ1) is 11.1. The Kier molecular flexibility index (Phi) is 4.19. The minimum absolute atomic E-state index is 0.216. The van der Waals surface area contributed by atoms with Crippen LogP contribution in [0.1, 0.15) is 16.2 Å². The number of hydrogen-bond donors (Lipinski definition) is 1. The molecular formula is C18H16FN3O. The van der Waals surface area contributed by atoms with Crippen LogP contribution in [0.15, 0.2) is 60.9 Å². The molecule has 3 aromatic rings. The standard InChI is InChI=1S/C18H16FN3O/c1-22-10-9-20-17(22)12-21-18(23)14-6-4-5-13(11-14)15-7-2-3-8-16(15)19/h2-11H,12H2,1H3,(H,21,23). The monoisotopic (exact) mass is 309 g/mol. The maximum absolute atomic E-state index is 13.9. The number of carbonyl (C=O) groups excluding carboxylic acids is 1. The summed E-state index contributed by atoms with van der Waals surface area (Å²) in [5.74, 6) is 0.243. The molecule has 0 aliphatic rings. The molecule has 0 unspecified atom stereocenters. The molecule has 1 aromatic heterocycles. The van der Waals surface area contributed by atoms with Crippen LogP contribution in [0.4, 0.5) is 4.39 Å². The molecule has 2 aromatic carbocycles. The Labute approximate surface area is 133 Å². The molecular weight excluding hydrogens is 293 g/mol. The number of halogens is 1. The van der Waals surface area contributed by atoms with E-state index in [0.717, 1.165) is 5.82 Å². The summed E-state index contributed by atoms with van der Waals surface area (Å²) >= 11 is 0. The van der Waals surface area contributed by atoms with Crippen LogP contribution in [0, 0.1) is 5.82 Å². The van der Waals surface area contributed by atoms with Crippen molar-refractivity contribution in [3.05, 3.63) is 78.1 Å². The minimum Gasteiger partial charge on any atom is -0.345 e. The molecule has 1 heterocycles. The van der Waals surface area contributed by atoms with Crippen LogP contribution in [-0.4, -0.2) is 15.5 Å². The van der Waals surface area contributed by atoms with Crippen molar-refractivity contribution in [3.63, 3.8) is 0 Å². The van der Waals surface area contributed by atoms with Gasteiger partial charge in [0, 0.05) is 30.6 Å². The topological polar surface area (TPSA) is 46.9 Å². The maximum Gasteiger partial charge on any atom is 0.251 e. The summed E-state index contributed by atoms with van der Waals surface area (Å²) in [5, 5.41) is 2.82. The fourth-order valence-electron chi connectivity index (χ4n) is 2.35. The number of aromatic nitrogens is 2. The van der Waals surface area contributed by atoms with Crippen molar-refractivity contribution in [1.82, 2.24) is 14.9 Å². The zero-order valence-electron chi connectivity index (χ0n) is 12.7. The Morgan fingerprint density at radius 2 is 2.04 bits per heavy atom. The average molecular weight is 309 g/mol. The molecule has 0 spiro atoms. The fourth-order valence-corrected chi connectivity index (χ4v) is 2.35. The lowest BCUT2D eigenvalue weighted by Crippen LogP contribution is -2.24. The van der Waals surface area contributed by atoms with Gasteiger partial charge < -0.3 is 9.88 Å². The quantitative estimate of drug-likeness (QED) is 0.805. The van der Waals surface area contributed by atoms with Crippen molar-refractivity contribution >= 4 is 5.91 Å². The van der Waals surface area contributed by atoms with Gasteiger partial charge in [0.25, 0.3) is 5.91 Å². The SMILES string of the molecule is Cn1ccnc1CNC(=O)c1cccc(-c2ccccc2F)c1. The Balaban J connectivity index is 1.78. The van der Waals surface area contributed by atoms with Gasteiger partial charge >= 0.3 is 0 Å². The average Bonchev–Trinajstić information content (AvgIpc) is 2.98. The molecule has 3 rings (SSSR count). The molecule has 0 radical (unpaired) electrons. The Morgan fingerprint density at radius 3 is 2.78 bits per heavy atom. The van der Waals surface area contributed by atoms with Crippen molar-refractivity contribution in [1.29, 1.82) is 0 Å². The second kappa shape index (κ2) is 6.44. The van der Waals surface area contributed by atoms with E-state index in [2.05, 4.69) is 10.3 Å². The number of hydrogen-bond acceptors (Lipinski definition) is 2. The van der Waals surface area contributed by atoms with Crippen molar-refractivity contribution in [2.24, 2.45) is 7.05 Å². The van der Waals surface area contributed by atoms with E-state index in [-0.39, 0.29) is 11.7 Å². The van der Waals surface area contributed by atoms with Crippen molar-refractivity contribution < 1.29 is 9.18 Å². The molecule has 1 N–H and O–H groups in total. The molecule has 0 aliphatic carbocycles. The predicted molar refractivity (Wildman–Crippen MR) is 86.2 cm³/mol. The summed E-state index contributed by atoms with van der Waals surface area (Å²) in [6.45, 7) is 0.340. The Bertz CT molecular complexity index is 842. The third kappa shape index (κ3) is 3.29. The van der Waals surface area contributed by atoms with E-state index in [1.165, 1.54) is 6.07 Å². The first-order valence-corrected chi connectivity index (χ1v) is 7.24. The van der Waals surface area contributed by atoms with Gasteiger partial charge in [-0.05, 0) is 23.8 Å². The number of carbonyl (C=O) groups is 1. The van der Waals surface area contributed by atoms with Gasteiger partial charge in [0.1, 0.15) is 11.6 Å². The van der Waals surface area contributed by atoms with Gasteiger partial charge in [0.05, 0.1) is 6.54 Å². The molecule has 4 nitrogen and oxygen atoms in total. The van der Waals surface area contributed by atoms with E-state index < -0.39 is 0 Å². The molecule has 0 saturated heterocycles. The molecule has 0 bridgehead atoms. The number of rotatable bonds is 4. The summed E-state index contributed by atoms with van der Waals surface area (Å²) < 4.78 is 15.7. The molecule has 116 valence electrons. The molecule has 1 amide bonds. The summed E-state index contributed by atoms with van der Waals surface area (Å²) in [4.78, 5) is 16.4. The highest BCUT2D eigenvalue weighted by Gasteiger charge is 2.10. The van der Waals surface area contributed by atoms with Gasteiger partial charge in [-0.3, -0.25) is 4.79 Å². The highest BCUT2D eigenvalue weighted by atomic mass is 19.1. The maximum atomic E-state index is 13.9. The summed E-state index contributed by atoms with van der Waals surface area (Å²) in [5.41, 5.74) is 1.64. The molecule has 0 saturated carbocycles. The van der Waals surface area contributed by atoms with Crippen LogP contribution in [0.5, 0.6) is 0 Å². The summed E-state index contributed by atoms with van der Waals surface area (Å²) in [6, 6.07) is 13.4. The van der Waals surface area contributed by atoms with E-state index in [9.17, 15) is 9.18 Å². The number of nitrogens with zero attached hydrogens (tertiary/aromatic N) is 2. The highest BCUT2D eigenvalue weighted by Crippen LogP contribution is 2.23. The molecule has 0 aliphatic heterocycles. The smallest absolute Gasteiger partial charge is 0.251 e. The first kappa shape index (κ1) is 15.0. The molecule has 0 atom stereocenters. The summed E-state index contributed by atoms with van der Waals surface area (Å²) in [7, 11) is 1.87. The van der Waals surface area contributed by atoms with Crippen LogP contribution < -0.4 is 5.32 Å². The summed E-state index contributed by atoms with van der Waals surface area (Å²) in [6.07, 6.45) is 3.50. The van der Waals surface area contributed by atoms with Crippen LogP contribution in [0.3, 0.4) is 0 Å². The van der Waals surface area contributed by atoms with E-state index in [1.54, 1.807) is 48.7 Å². The van der Waals surface area contributed by atoms with Gasteiger partial charge in [-0.25, -0.2) is 9.37 Å². The predicted octanol–water partition coefficient (Wildman–Crippen LogP) is 3.16. The lowest BCUT2D eigenvalue weighted by atomic mass is 10.0. The van der Waals surface area contributed by atoms with Gasteiger partial charge in [0.2, 0.25) is 0 Å². The zero-order valence-corrected chi connectivity index (χ0v) is 12.7. The van der Waals surface area contributed by atoms with Crippen LogP contribution in [0.25, 0.3) is 11.1 Å². The number of imidazole rings is 1. The van der Waals surface area contributed by atoms with Gasteiger partial charge in [-0.2, -0.15) is 0 Å². The highest BCUT2D eigenvalue weighted by molar-refractivity contribution is 5.95. The van der Waals surface area contributed by atoms with Crippen molar-refractivity contribution in [3.8, 4) is 11.1 Å². The minimum atomic E-state index is -0.307. The number of benzene rings is 2. The van der Waals surface area contributed by atoms with E-state index >= 15 is 0 Å². The van der Waals surface area contributed by atoms with Crippen molar-refractivity contribution in [2.45, 2.75) is 6.54 Å². The molecule has 23 heavy (non-hydrogen) atoms. The van der Waals surface area contributed by atoms with E-state index in [1.807, 2.05) is 17.8 Å². The lowest BCUT2D eigenvalue weighted by molar-refractivity contribution is 0.0949. The molecule has 5 heteroatoms. The Morgan fingerprint density at radius 1 is 1.22 bits per heavy atom. The van der Waals surface area contributed by atoms with E-state index in [4.69, 9.17) is 0 Å². The second-order valence-electron chi connectivity index (χ2n) is 5.20. The van der Waals surface area contributed by atoms with Crippen LogP contribution in [0.2, 0.25) is 0 Å². The van der Waals surface area contributed by atoms with Gasteiger partial charge in [-0.1, -0.05) is 30.3 Å². The lowest BCUT2D eigenvalue weighted by Gasteiger charge is -2.08. The first-order valence-electron chi connectivity index (χ1n) is 7.24. The Hall–Kier alpha value is -2.95. The third-order valence-corrected chi connectivity index (χ3v) is 3.64. The van der Waals surface area contributed by atoms with Gasteiger partial charge in [-0.15, -0.1) is 0 Å². The number of amides is 1. The number of aryl methyl sites for hydroxylation is 1.